The molecule has 4 nitrogen and oxygen atoms in total. The van der Waals surface area contributed by atoms with Crippen LogP contribution in [0.15, 0.2) is 59.5 Å². The van der Waals surface area contributed by atoms with Crippen molar-refractivity contribution in [3.8, 4) is 17.3 Å². The SMILES string of the molecule is N#CNS(=O)(=O)c1ccccc1-c1ccc(/C=C\C2CCCCC2)cc1. The second-order valence-electron chi connectivity index (χ2n) is 6.59. The Hall–Kier alpha value is -2.58. The van der Waals surface area contributed by atoms with Gasteiger partial charge in [0.1, 0.15) is 0 Å². The predicted octanol–water partition coefficient (Wildman–Crippen LogP) is 4.71. The van der Waals surface area contributed by atoms with Gasteiger partial charge in [0.25, 0.3) is 10.0 Å². The second-order valence-corrected chi connectivity index (χ2v) is 8.24. The monoisotopic (exact) mass is 366 g/mol. The molecule has 0 heterocycles. The van der Waals surface area contributed by atoms with E-state index >= 15 is 0 Å². The third-order valence-electron chi connectivity index (χ3n) is 4.79. The van der Waals surface area contributed by atoms with E-state index in [1.807, 2.05) is 29.0 Å². The normalized spacial score (nSPS) is 15.7. The van der Waals surface area contributed by atoms with E-state index < -0.39 is 10.0 Å². The lowest BCUT2D eigenvalue weighted by atomic mass is 9.89. The molecular formula is C21H22N2O2S. The first-order valence-electron chi connectivity index (χ1n) is 8.89. The molecule has 0 bridgehead atoms. The highest BCUT2D eigenvalue weighted by atomic mass is 32.2. The molecule has 1 fully saturated rings. The van der Waals surface area contributed by atoms with Gasteiger partial charge in [-0.1, -0.05) is 73.9 Å². The number of nitriles is 1. The van der Waals surface area contributed by atoms with Crippen LogP contribution in [0, 0.1) is 17.4 Å². The average Bonchev–Trinajstić information content (AvgIpc) is 2.68. The first kappa shape index (κ1) is 18.2. The van der Waals surface area contributed by atoms with Gasteiger partial charge in [0.05, 0.1) is 4.90 Å². The molecule has 0 amide bonds. The van der Waals surface area contributed by atoms with E-state index in [1.165, 1.54) is 44.4 Å². The molecule has 3 rings (SSSR count). The lowest BCUT2D eigenvalue weighted by Gasteiger charge is -2.17. The van der Waals surface area contributed by atoms with E-state index in [9.17, 15) is 8.42 Å². The number of benzene rings is 2. The van der Waals surface area contributed by atoms with Crippen LogP contribution in [0.3, 0.4) is 0 Å². The number of allylic oxidation sites excluding steroid dienone is 1. The molecule has 1 aliphatic rings. The number of sulfonamides is 1. The summed E-state index contributed by atoms with van der Waals surface area (Å²) in [6.45, 7) is 0. The van der Waals surface area contributed by atoms with Crippen LogP contribution in [0.2, 0.25) is 0 Å². The van der Waals surface area contributed by atoms with Crippen LogP contribution in [0.1, 0.15) is 37.7 Å². The van der Waals surface area contributed by atoms with Gasteiger partial charge < -0.3 is 0 Å². The summed E-state index contributed by atoms with van der Waals surface area (Å²) in [6.07, 6.45) is 12.5. The van der Waals surface area contributed by atoms with Crippen molar-refractivity contribution >= 4 is 16.1 Å². The van der Waals surface area contributed by atoms with Crippen molar-refractivity contribution in [2.45, 2.75) is 37.0 Å². The Morgan fingerprint density at radius 1 is 1.00 bits per heavy atom. The lowest BCUT2D eigenvalue weighted by Crippen LogP contribution is -2.18. The molecule has 0 spiro atoms. The van der Waals surface area contributed by atoms with Crippen molar-refractivity contribution in [2.75, 3.05) is 0 Å². The van der Waals surface area contributed by atoms with Gasteiger partial charge in [0.2, 0.25) is 0 Å². The van der Waals surface area contributed by atoms with Gasteiger partial charge in [0.15, 0.2) is 6.19 Å². The van der Waals surface area contributed by atoms with Gasteiger partial charge in [0, 0.05) is 5.56 Å². The zero-order valence-electron chi connectivity index (χ0n) is 14.6. The molecule has 1 saturated carbocycles. The minimum Gasteiger partial charge on any atom is -0.215 e. The molecule has 0 saturated heterocycles. The van der Waals surface area contributed by atoms with E-state index in [0.29, 0.717) is 11.5 Å². The summed E-state index contributed by atoms with van der Waals surface area (Å²) in [4.78, 5) is 0.104. The molecule has 0 aromatic heterocycles. The van der Waals surface area contributed by atoms with Crippen molar-refractivity contribution in [3.63, 3.8) is 0 Å². The molecule has 2 aromatic rings. The Kier molecular flexibility index (Phi) is 5.75. The number of rotatable bonds is 5. The summed E-state index contributed by atoms with van der Waals surface area (Å²) >= 11 is 0. The maximum atomic E-state index is 12.2. The van der Waals surface area contributed by atoms with Crippen LogP contribution >= 0.6 is 0 Å². The maximum absolute atomic E-state index is 12.2. The Labute approximate surface area is 155 Å². The molecular weight excluding hydrogens is 344 g/mol. The van der Waals surface area contributed by atoms with Crippen LogP contribution in [0.4, 0.5) is 0 Å². The summed E-state index contributed by atoms with van der Waals surface area (Å²) in [6, 6.07) is 14.5. The highest BCUT2D eigenvalue weighted by Crippen LogP contribution is 2.28. The zero-order valence-corrected chi connectivity index (χ0v) is 15.4. The minimum absolute atomic E-state index is 0.104. The van der Waals surface area contributed by atoms with E-state index in [4.69, 9.17) is 5.26 Å². The largest absolute Gasteiger partial charge is 0.270 e. The Bertz CT molecular complexity index is 919. The summed E-state index contributed by atoms with van der Waals surface area (Å²) in [5, 5.41) is 8.68. The topological polar surface area (TPSA) is 70.0 Å². The molecule has 0 unspecified atom stereocenters. The van der Waals surface area contributed by atoms with Crippen molar-refractivity contribution in [2.24, 2.45) is 5.92 Å². The fourth-order valence-corrected chi connectivity index (χ4v) is 4.37. The van der Waals surface area contributed by atoms with Crippen LogP contribution < -0.4 is 4.72 Å². The Morgan fingerprint density at radius 2 is 1.69 bits per heavy atom. The highest BCUT2D eigenvalue weighted by molar-refractivity contribution is 7.89. The second kappa shape index (κ2) is 8.20. The van der Waals surface area contributed by atoms with Gasteiger partial charge in [-0.15, -0.1) is 0 Å². The van der Waals surface area contributed by atoms with E-state index in [2.05, 4.69) is 12.2 Å². The van der Waals surface area contributed by atoms with Gasteiger partial charge in [-0.25, -0.2) is 13.1 Å². The molecule has 134 valence electrons. The molecule has 26 heavy (non-hydrogen) atoms. The van der Waals surface area contributed by atoms with E-state index in [1.54, 1.807) is 18.2 Å². The zero-order chi connectivity index (χ0) is 18.4. The summed E-state index contributed by atoms with van der Waals surface area (Å²) in [5.41, 5.74) is 2.49. The van der Waals surface area contributed by atoms with Crippen molar-refractivity contribution in [3.05, 3.63) is 60.2 Å². The smallest absolute Gasteiger partial charge is 0.215 e. The molecule has 0 aliphatic heterocycles. The van der Waals surface area contributed by atoms with Crippen LogP contribution in [-0.4, -0.2) is 8.42 Å². The molecule has 2 aromatic carbocycles. The molecule has 5 heteroatoms. The Balaban J connectivity index is 1.83. The predicted molar refractivity (Wildman–Crippen MR) is 103 cm³/mol. The third kappa shape index (κ3) is 4.33. The van der Waals surface area contributed by atoms with Crippen LogP contribution in [0.25, 0.3) is 17.2 Å². The van der Waals surface area contributed by atoms with Gasteiger partial charge in [-0.3, -0.25) is 0 Å². The molecule has 1 N–H and O–H groups in total. The van der Waals surface area contributed by atoms with Crippen molar-refractivity contribution < 1.29 is 8.42 Å². The molecule has 0 radical (unpaired) electrons. The number of nitrogens with one attached hydrogen (secondary N) is 1. The number of nitrogens with zero attached hydrogens (tertiary/aromatic N) is 1. The summed E-state index contributed by atoms with van der Waals surface area (Å²) in [5.74, 6) is 0.673. The van der Waals surface area contributed by atoms with Crippen molar-refractivity contribution in [1.29, 1.82) is 5.26 Å². The maximum Gasteiger partial charge on any atom is 0.270 e. The fraction of sp³-hybridized carbons (Fsp3) is 0.286. The van der Waals surface area contributed by atoms with Crippen molar-refractivity contribution in [1.82, 2.24) is 4.72 Å². The average molecular weight is 366 g/mol. The number of hydrogen-bond acceptors (Lipinski definition) is 3. The minimum atomic E-state index is -3.85. The summed E-state index contributed by atoms with van der Waals surface area (Å²) < 4.78 is 26.3. The Morgan fingerprint density at radius 3 is 2.38 bits per heavy atom. The molecule has 0 atom stereocenters. The van der Waals surface area contributed by atoms with Crippen LogP contribution in [0.5, 0.6) is 0 Å². The third-order valence-corrected chi connectivity index (χ3v) is 6.08. The quantitative estimate of drug-likeness (QED) is 0.615. The summed E-state index contributed by atoms with van der Waals surface area (Å²) in [7, 11) is -3.85. The number of hydrogen-bond donors (Lipinski definition) is 1. The molecule has 1 aliphatic carbocycles. The highest BCUT2D eigenvalue weighted by Gasteiger charge is 2.18. The fourth-order valence-electron chi connectivity index (χ4n) is 3.40. The van der Waals surface area contributed by atoms with E-state index in [-0.39, 0.29) is 4.90 Å². The van der Waals surface area contributed by atoms with Gasteiger partial charge in [-0.2, -0.15) is 5.26 Å². The van der Waals surface area contributed by atoms with Gasteiger partial charge >= 0.3 is 0 Å². The van der Waals surface area contributed by atoms with Crippen LogP contribution in [-0.2, 0) is 10.0 Å². The van der Waals surface area contributed by atoms with E-state index in [0.717, 1.165) is 11.1 Å². The standard InChI is InChI=1S/C21H22N2O2S/c22-16-23-26(24,25)21-9-5-4-8-20(21)19-14-12-18(13-15-19)11-10-17-6-2-1-3-7-17/h4-5,8-15,17,23H,1-3,6-7H2/b11-10-. The van der Waals surface area contributed by atoms with Gasteiger partial charge in [-0.05, 0) is 36.0 Å². The lowest BCUT2D eigenvalue weighted by molar-refractivity contribution is 0.420. The first-order chi connectivity index (χ1) is 12.6. The first-order valence-corrected chi connectivity index (χ1v) is 10.4.